The van der Waals surface area contributed by atoms with Gasteiger partial charge in [-0.05, 0) is 80.0 Å². The van der Waals surface area contributed by atoms with E-state index in [9.17, 15) is 9.59 Å². The van der Waals surface area contributed by atoms with Gasteiger partial charge in [0, 0.05) is 0 Å². The Hall–Kier alpha value is -1.84. The molecule has 4 aliphatic carbocycles. The number of hydrogen-bond acceptors (Lipinski definition) is 4. The lowest BCUT2D eigenvalue weighted by atomic mass is 9.89. The summed E-state index contributed by atoms with van der Waals surface area (Å²) in [6.45, 7) is 0. The summed E-state index contributed by atoms with van der Waals surface area (Å²) in [4.78, 5) is 25.6. The Kier molecular flexibility index (Phi) is 5.36. The zero-order valence-corrected chi connectivity index (χ0v) is 17.3. The number of rotatable bonds is 4. The molecule has 0 aliphatic heterocycles. The van der Waals surface area contributed by atoms with Crippen molar-refractivity contribution < 1.29 is 19.1 Å². The van der Waals surface area contributed by atoms with Gasteiger partial charge in [-0.1, -0.05) is 38.5 Å². The summed E-state index contributed by atoms with van der Waals surface area (Å²) in [6.07, 6.45) is 14.0. The molecule has 0 heterocycles. The van der Waals surface area contributed by atoms with Crippen LogP contribution in [0.2, 0.25) is 0 Å². The molecule has 5 rings (SSSR count). The highest BCUT2D eigenvalue weighted by molar-refractivity contribution is 5.79. The van der Waals surface area contributed by atoms with Crippen LogP contribution >= 0.6 is 0 Å². The van der Waals surface area contributed by atoms with Crippen molar-refractivity contribution >= 4 is 11.9 Å². The van der Waals surface area contributed by atoms with E-state index in [1.165, 1.54) is 43.2 Å². The Labute approximate surface area is 173 Å². The summed E-state index contributed by atoms with van der Waals surface area (Å²) in [5.74, 6) is 1.75. The summed E-state index contributed by atoms with van der Waals surface area (Å²) in [7, 11) is 0. The van der Waals surface area contributed by atoms with Gasteiger partial charge in [0.25, 0.3) is 0 Å². The van der Waals surface area contributed by atoms with E-state index in [0.29, 0.717) is 23.3 Å². The smallest absolute Gasteiger partial charge is 0.314 e. The van der Waals surface area contributed by atoms with Gasteiger partial charge in [-0.3, -0.25) is 9.59 Å². The average molecular weight is 397 g/mol. The molecule has 3 saturated carbocycles. The van der Waals surface area contributed by atoms with Crippen molar-refractivity contribution in [2.75, 3.05) is 0 Å². The van der Waals surface area contributed by atoms with E-state index in [2.05, 4.69) is 0 Å². The molecular weight excluding hydrogens is 364 g/mol. The van der Waals surface area contributed by atoms with E-state index in [4.69, 9.17) is 9.47 Å². The standard InChI is InChI=1S/C25H32O4/c26-24(16-7-3-1-4-8-16)28-22-14-20-18-11-12-19(13-18)21(20)15-23(22)29-25(27)17-9-5-2-6-10-17/h14-19H,1-13H2. The fraction of sp³-hybridized carbons (Fsp3) is 0.680. The molecule has 29 heavy (non-hydrogen) atoms. The number of esters is 2. The monoisotopic (exact) mass is 396 g/mol. The molecule has 4 heteroatoms. The van der Waals surface area contributed by atoms with Crippen molar-refractivity contribution in [2.24, 2.45) is 11.8 Å². The van der Waals surface area contributed by atoms with Crippen molar-refractivity contribution in [3.05, 3.63) is 23.3 Å². The molecular formula is C25H32O4. The second kappa shape index (κ2) is 8.12. The lowest BCUT2D eigenvalue weighted by Gasteiger charge is -2.24. The SMILES string of the molecule is O=C(Oc1cc2c(cc1OC(=O)C1CCCCC1)C1CCC2C1)C1CCCCC1. The van der Waals surface area contributed by atoms with E-state index in [1.807, 2.05) is 12.1 Å². The molecule has 1 aromatic rings. The van der Waals surface area contributed by atoms with Gasteiger partial charge in [0.05, 0.1) is 11.8 Å². The van der Waals surface area contributed by atoms with Gasteiger partial charge in [-0.2, -0.15) is 0 Å². The molecule has 0 saturated heterocycles. The second-order valence-corrected chi connectivity index (χ2v) is 9.65. The predicted molar refractivity (Wildman–Crippen MR) is 110 cm³/mol. The first-order chi connectivity index (χ1) is 14.2. The molecule has 2 unspecified atom stereocenters. The fourth-order valence-corrected chi connectivity index (χ4v) is 6.06. The highest BCUT2D eigenvalue weighted by atomic mass is 16.6. The van der Waals surface area contributed by atoms with Crippen molar-refractivity contribution in [3.63, 3.8) is 0 Å². The summed E-state index contributed by atoms with van der Waals surface area (Å²) in [5, 5.41) is 0. The Balaban J connectivity index is 1.40. The van der Waals surface area contributed by atoms with Crippen LogP contribution in [0.1, 0.15) is 106 Å². The molecule has 0 aromatic heterocycles. The third kappa shape index (κ3) is 3.83. The minimum absolute atomic E-state index is 0.0182. The van der Waals surface area contributed by atoms with Crippen LogP contribution in [0.4, 0.5) is 0 Å². The van der Waals surface area contributed by atoms with Gasteiger partial charge in [0.1, 0.15) is 0 Å². The second-order valence-electron chi connectivity index (χ2n) is 9.65. The topological polar surface area (TPSA) is 52.6 Å². The molecule has 3 fully saturated rings. The van der Waals surface area contributed by atoms with Crippen molar-refractivity contribution in [1.82, 2.24) is 0 Å². The Bertz CT molecular complexity index is 721. The maximum absolute atomic E-state index is 12.8. The summed E-state index contributed by atoms with van der Waals surface area (Å²) < 4.78 is 11.8. The molecule has 156 valence electrons. The molecule has 0 radical (unpaired) electrons. The van der Waals surface area contributed by atoms with Crippen LogP contribution in [0.25, 0.3) is 0 Å². The molecule has 2 bridgehead atoms. The minimum atomic E-state index is -0.150. The van der Waals surface area contributed by atoms with Gasteiger partial charge in [0.15, 0.2) is 11.5 Å². The maximum atomic E-state index is 12.8. The van der Waals surface area contributed by atoms with Crippen LogP contribution in [0.3, 0.4) is 0 Å². The minimum Gasteiger partial charge on any atom is -0.422 e. The Morgan fingerprint density at radius 3 is 1.45 bits per heavy atom. The molecule has 0 N–H and O–H groups in total. The number of benzene rings is 1. The van der Waals surface area contributed by atoms with Crippen LogP contribution in [-0.2, 0) is 9.59 Å². The summed E-state index contributed by atoms with van der Waals surface area (Å²) >= 11 is 0. The first-order valence-corrected chi connectivity index (χ1v) is 11.8. The van der Waals surface area contributed by atoms with Gasteiger partial charge in [0.2, 0.25) is 0 Å². The normalized spacial score (nSPS) is 26.9. The largest absolute Gasteiger partial charge is 0.422 e. The van der Waals surface area contributed by atoms with E-state index < -0.39 is 0 Å². The third-order valence-electron chi connectivity index (χ3n) is 7.76. The maximum Gasteiger partial charge on any atom is 0.314 e. The van der Waals surface area contributed by atoms with Crippen LogP contribution in [-0.4, -0.2) is 11.9 Å². The quantitative estimate of drug-likeness (QED) is 0.461. The molecule has 1 aromatic carbocycles. The number of carbonyl (C=O) groups is 2. The molecule has 4 aliphatic rings. The van der Waals surface area contributed by atoms with Crippen LogP contribution < -0.4 is 9.47 Å². The summed E-state index contributed by atoms with van der Waals surface area (Å²) in [5.41, 5.74) is 2.62. The number of carbonyl (C=O) groups excluding carboxylic acids is 2. The lowest BCUT2D eigenvalue weighted by molar-refractivity contribution is -0.142. The third-order valence-corrected chi connectivity index (χ3v) is 7.76. The predicted octanol–water partition coefficient (Wildman–Crippen LogP) is 6.02. The van der Waals surface area contributed by atoms with Gasteiger partial charge >= 0.3 is 11.9 Å². The molecule has 0 spiro atoms. The van der Waals surface area contributed by atoms with Gasteiger partial charge < -0.3 is 9.47 Å². The zero-order chi connectivity index (χ0) is 19.8. The van der Waals surface area contributed by atoms with Gasteiger partial charge in [-0.25, -0.2) is 0 Å². The first-order valence-electron chi connectivity index (χ1n) is 11.8. The van der Waals surface area contributed by atoms with Crippen molar-refractivity contribution in [1.29, 1.82) is 0 Å². The molecule has 2 atom stereocenters. The van der Waals surface area contributed by atoms with E-state index in [1.54, 1.807) is 0 Å². The van der Waals surface area contributed by atoms with Crippen molar-refractivity contribution in [3.8, 4) is 11.5 Å². The fourth-order valence-electron chi connectivity index (χ4n) is 6.06. The number of fused-ring (bicyclic) bond motifs is 5. The van der Waals surface area contributed by atoms with Crippen molar-refractivity contribution in [2.45, 2.75) is 95.3 Å². The zero-order valence-electron chi connectivity index (χ0n) is 17.3. The number of ether oxygens (including phenoxy) is 2. The van der Waals surface area contributed by atoms with Crippen LogP contribution in [0.5, 0.6) is 11.5 Å². The number of hydrogen-bond donors (Lipinski definition) is 0. The van der Waals surface area contributed by atoms with Gasteiger partial charge in [-0.15, -0.1) is 0 Å². The Morgan fingerprint density at radius 2 is 1.03 bits per heavy atom. The average Bonchev–Trinajstić information content (AvgIpc) is 3.37. The lowest BCUT2D eigenvalue weighted by Crippen LogP contribution is -2.25. The Morgan fingerprint density at radius 1 is 0.621 bits per heavy atom. The highest BCUT2D eigenvalue weighted by Crippen LogP contribution is 2.55. The van der Waals surface area contributed by atoms with E-state index in [0.717, 1.165) is 51.4 Å². The highest BCUT2D eigenvalue weighted by Gasteiger charge is 2.39. The van der Waals surface area contributed by atoms with E-state index >= 15 is 0 Å². The van der Waals surface area contributed by atoms with Crippen LogP contribution in [0.15, 0.2) is 12.1 Å². The van der Waals surface area contributed by atoms with Crippen LogP contribution in [0, 0.1) is 11.8 Å². The molecule has 4 nitrogen and oxygen atoms in total. The van der Waals surface area contributed by atoms with E-state index in [-0.39, 0.29) is 23.8 Å². The molecule has 0 amide bonds. The summed E-state index contributed by atoms with van der Waals surface area (Å²) in [6, 6.07) is 4.03. The first kappa shape index (κ1) is 19.1.